The number of rotatable bonds is 5. The van der Waals surface area contributed by atoms with Crippen molar-refractivity contribution in [1.82, 2.24) is 0 Å². The SMILES string of the molecule is COc1ccc(C=O)c(OC(=O)C(F)(F)C(F)(F)C(F)(F)F)c1. The summed E-state index contributed by atoms with van der Waals surface area (Å²) in [6.07, 6.45) is -6.67. The summed E-state index contributed by atoms with van der Waals surface area (Å²) in [4.78, 5) is 21.8. The van der Waals surface area contributed by atoms with Gasteiger partial charge in [0.25, 0.3) is 0 Å². The summed E-state index contributed by atoms with van der Waals surface area (Å²) in [5, 5.41) is 0. The summed E-state index contributed by atoms with van der Waals surface area (Å²) in [6, 6.07) is 2.77. The Morgan fingerprint density at radius 3 is 2.09 bits per heavy atom. The molecule has 23 heavy (non-hydrogen) atoms. The highest BCUT2D eigenvalue weighted by Crippen LogP contribution is 2.47. The number of hydrogen-bond donors (Lipinski definition) is 0. The van der Waals surface area contributed by atoms with Crippen LogP contribution >= 0.6 is 0 Å². The van der Waals surface area contributed by atoms with Crippen molar-refractivity contribution >= 4 is 12.3 Å². The Kier molecular flexibility index (Phi) is 4.92. The molecule has 0 fully saturated rings. The number of benzene rings is 1. The first-order valence-corrected chi connectivity index (χ1v) is 5.56. The molecular weight excluding hydrogens is 341 g/mol. The van der Waals surface area contributed by atoms with Crippen molar-refractivity contribution in [3.8, 4) is 11.5 Å². The highest BCUT2D eigenvalue weighted by Gasteiger charge is 2.77. The van der Waals surface area contributed by atoms with E-state index in [2.05, 4.69) is 9.47 Å². The predicted molar refractivity (Wildman–Crippen MR) is 60.0 cm³/mol. The fourth-order valence-corrected chi connectivity index (χ4v) is 1.30. The first kappa shape index (κ1) is 18.7. The average molecular weight is 348 g/mol. The fraction of sp³-hybridized carbons (Fsp3) is 0.333. The summed E-state index contributed by atoms with van der Waals surface area (Å²) in [5.74, 6) is -17.1. The zero-order chi connectivity index (χ0) is 18.1. The van der Waals surface area contributed by atoms with E-state index in [-0.39, 0.29) is 12.0 Å². The van der Waals surface area contributed by atoms with Crippen molar-refractivity contribution in [3.05, 3.63) is 23.8 Å². The fourth-order valence-electron chi connectivity index (χ4n) is 1.30. The summed E-state index contributed by atoms with van der Waals surface area (Å²) in [6.45, 7) is 0. The molecule has 0 aromatic heterocycles. The third-order valence-electron chi connectivity index (χ3n) is 2.56. The summed E-state index contributed by atoms with van der Waals surface area (Å²) >= 11 is 0. The van der Waals surface area contributed by atoms with Crippen LogP contribution in [0.25, 0.3) is 0 Å². The van der Waals surface area contributed by atoms with Gasteiger partial charge in [0.1, 0.15) is 11.5 Å². The minimum Gasteiger partial charge on any atom is -0.497 e. The second-order valence-corrected chi connectivity index (χ2v) is 4.06. The van der Waals surface area contributed by atoms with E-state index >= 15 is 0 Å². The van der Waals surface area contributed by atoms with Crippen molar-refractivity contribution < 1.29 is 49.8 Å². The molecule has 0 amide bonds. The Labute approximate surface area is 123 Å². The molecule has 0 atom stereocenters. The van der Waals surface area contributed by atoms with Gasteiger partial charge in [-0.3, -0.25) is 4.79 Å². The van der Waals surface area contributed by atoms with E-state index < -0.39 is 35.3 Å². The topological polar surface area (TPSA) is 52.6 Å². The van der Waals surface area contributed by atoms with Crippen LogP contribution in [0.1, 0.15) is 10.4 Å². The first-order valence-electron chi connectivity index (χ1n) is 5.56. The van der Waals surface area contributed by atoms with E-state index in [1.165, 1.54) is 0 Å². The second kappa shape index (κ2) is 6.05. The van der Waals surface area contributed by atoms with Gasteiger partial charge in [-0.1, -0.05) is 0 Å². The van der Waals surface area contributed by atoms with Crippen LogP contribution in [0, 0.1) is 0 Å². The van der Waals surface area contributed by atoms with E-state index in [1.807, 2.05) is 0 Å². The molecule has 0 spiro atoms. The van der Waals surface area contributed by atoms with Crippen LogP contribution in [0.15, 0.2) is 18.2 Å². The Bertz CT molecular complexity index is 610. The number of ether oxygens (including phenoxy) is 2. The lowest BCUT2D eigenvalue weighted by Crippen LogP contribution is -2.57. The van der Waals surface area contributed by atoms with Gasteiger partial charge in [-0.15, -0.1) is 0 Å². The Hall–Kier alpha value is -2.33. The Morgan fingerprint density at radius 1 is 1.09 bits per heavy atom. The van der Waals surface area contributed by atoms with Crippen molar-refractivity contribution in [3.63, 3.8) is 0 Å². The summed E-state index contributed by atoms with van der Waals surface area (Å²) in [5.41, 5.74) is -0.537. The monoisotopic (exact) mass is 348 g/mol. The van der Waals surface area contributed by atoms with Gasteiger partial charge in [-0.25, -0.2) is 4.79 Å². The van der Waals surface area contributed by atoms with Gasteiger partial charge in [0, 0.05) is 6.07 Å². The van der Waals surface area contributed by atoms with Crippen LogP contribution < -0.4 is 9.47 Å². The van der Waals surface area contributed by atoms with Crippen LogP contribution in [0.3, 0.4) is 0 Å². The molecule has 128 valence electrons. The van der Waals surface area contributed by atoms with Gasteiger partial charge >= 0.3 is 24.0 Å². The number of carbonyl (C=O) groups is 2. The number of methoxy groups -OCH3 is 1. The molecule has 0 saturated carbocycles. The molecule has 0 aliphatic rings. The van der Waals surface area contributed by atoms with Crippen LogP contribution in [0.4, 0.5) is 30.7 Å². The van der Waals surface area contributed by atoms with E-state index in [1.54, 1.807) is 0 Å². The molecular formula is C12H7F7O4. The van der Waals surface area contributed by atoms with Crippen LogP contribution in [0.5, 0.6) is 11.5 Å². The number of carbonyl (C=O) groups excluding carboxylic acids is 2. The van der Waals surface area contributed by atoms with Gasteiger partial charge in [-0.2, -0.15) is 30.7 Å². The van der Waals surface area contributed by atoms with Gasteiger partial charge < -0.3 is 9.47 Å². The number of aldehydes is 1. The van der Waals surface area contributed by atoms with E-state index in [0.29, 0.717) is 6.07 Å². The zero-order valence-electron chi connectivity index (χ0n) is 11.1. The molecule has 11 heteroatoms. The zero-order valence-corrected chi connectivity index (χ0v) is 11.1. The third-order valence-corrected chi connectivity index (χ3v) is 2.56. The van der Waals surface area contributed by atoms with Gasteiger partial charge in [0.05, 0.1) is 12.7 Å². The maximum atomic E-state index is 13.1. The lowest BCUT2D eigenvalue weighted by molar-refractivity contribution is -0.346. The summed E-state index contributed by atoms with van der Waals surface area (Å²) < 4.78 is 96.1. The van der Waals surface area contributed by atoms with E-state index in [9.17, 15) is 40.3 Å². The van der Waals surface area contributed by atoms with E-state index in [0.717, 1.165) is 19.2 Å². The quantitative estimate of drug-likeness (QED) is 0.355. The minimum atomic E-state index is -6.68. The highest BCUT2D eigenvalue weighted by atomic mass is 19.4. The normalized spacial score (nSPS) is 12.7. The largest absolute Gasteiger partial charge is 0.497 e. The molecule has 0 N–H and O–H groups in total. The van der Waals surface area contributed by atoms with E-state index in [4.69, 9.17) is 0 Å². The number of hydrogen-bond acceptors (Lipinski definition) is 4. The molecule has 1 rings (SSSR count). The standard InChI is InChI=1S/C12H7F7O4/c1-22-7-3-2-6(5-20)8(4-7)23-9(21)10(13,14)11(15,16)12(17,18)19/h2-5H,1H3. The molecule has 0 radical (unpaired) electrons. The van der Waals surface area contributed by atoms with Gasteiger partial charge in [0.2, 0.25) is 0 Å². The Balaban J connectivity index is 3.19. The molecule has 4 nitrogen and oxygen atoms in total. The molecule has 0 aliphatic carbocycles. The highest BCUT2D eigenvalue weighted by molar-refractivity contribution is 5.86. The second-order valence-electron chi connectivity index (χ2n) is 4.06. The first-order chi connectivity index (χ1) is 10.4. The molecule has 1 aromatic carbocycles. The van der Waals surface area contributed by atoms with Crippen LogP contribution in [0.2, 0.25) is 0 Å². The molecule has 0 bridgehead atoms. The lowest BCUT2D eigenvalue weighted by atomic mass is 10.1. The number of halogens is 7. The summed E-state index contributed by atoms with van der Waals surface area (Å²) in [7, 11) is 1.11. The Morgan fingerprint density at radius 2 is 1.65 bits per heavy atom. The maximum Gasteiger partial charge on any atom is 0.460 e. The van der Waals surface area contributed by atoms with Crippen molar-refractivity contribution in [2.24, 2.45) is 0 Å². The van der Waals surface area contributed by atoms with Crippen molar-refractivity contribution in [2.45, 2.75) is 18.0 Å². The third kappa shape index (κ3) is 3.37. The average Bonchev–Trinajstić information content (AvgIpc) is 2.45. The molecule has 0 heterocycles. The predicted octanol–water partition coefficient (Wildman–Crippen LogP) is 3.25. The van der Waals surface area contributed by atoms with Crippen molar-refractivity contribution in [2.75, 3.05) is 7.11 Å². The van der Waals surface area contributed by atoms with Gasteiger partial charge in [0.15, 0.2) is 6.29 Å². The molecule has 0 unspecified atom stereocenters. The molecule has 0 aliphatic heterocycles. The molecule has 1 aromatic rings. The van der Waals surface area contributed by atoms with Crippen LogP contribution in [-0.2, 0) is 4.79 Å². The van der Waals surface area contributed by atoms with Crippen molar-refractivity contribution in [1.29, 1.82) is 0 Å². The minimum absolute atomic E-state index is 0.0160. The molecule has 0 saturated heterocycles. The maximum absolute atomic E-state index is 13.1. The van der Waals surface area contributed by atoms with Crippen LogP contribution in [-0.4, -0.2) is 37.4 Å². The van der Waals surface area contributed by atoms with Gasteiger partial charge in [-0.05, 0) is 12.1 Å². The number of alkyl halides is 7. The smallest absolute Gasteiger partial charge is 0.460 e. The lowest BCUT2D eigenvalue weighted by Gasteiger charge is -2.26. The number of esters is 1.